The molecule has 3 aromatic rings. The normalized spacial score (nSPS) is 21.1. The lowest BCUT2D eigenvalue weighted by atomic mass is 9.81. The molecular weight excluding hydrogens is 433 g/mol. The number of carbonyl (C=O) groups excluding carboxylic acids is 1. The first-order valence-electron chi connectivity index (χ1n) is 11.5. The van der Waals surface area contributed by atoms with E-state index < -0.39 is 0 Å². The van der Waals surface area contributed by atoms with Gasteiger partial charge in [-0.1, -0.05) is 30.3 Å². The number of ether oxygens (including phenoxy) is 1. The molecule has 2 amide bonds. The van der Waals surface area contributed by atoms with Gasteiger partial charge in [0.1, 0.15) is 11.6 Å². The molecule has 1 saturated heterocycles. The Kier molecular flexibility index (Phi) is 5.87. The first-order chi connectivity index (χ1) is 16.5. The van der Waals surface area contributed by atoms with Gasteiger partial charge in [0, 0.05) is 25.2 Å². The average Bonchev–Trinajstić information content (AvgIpc) is 3.30. The van der Waals surface area contributed by atoms with Crippen LogP contribution in [0, 0.1) is 11.7 Å². The van der Waals surface area contributed by atoms with Gasteiger partial charge in [-0.15, -0.1) is 0 Å². The van der Waals surface area contributed by atoms with Gasteiger partial charge in [0.2, 0.25) is 0 Å². The second-order valence-corrected chi connectivity index (χ2v) is 8.86. The van der Waals surface area contributed by atoms with Crippen molar-refractivity contribution >= 4 is 17.4 Å². The minimum absolute atomic E-state index is 0.0127. The maximum atomic E-state index is 13.5. The van der Waals surface area contributed by atoms with E-state index >= 15 is 0 Å². The third-order valence-electron chi connectivity index (χ3n) is 7.14. The highest BCUT2D eigenvalue weighted by atomic mass is 19.1. The Bertz CT molecular complexity index is 1200. The molecule has 7 heteroatoms. The van der Waals surface area contributed by atoms with Crippen molar-refractivity contribution in [1.82, 2.24) is 4.90 Å². The van der Waals surface area contributed by atoms with Crippen molar-refractivity contribution in [1.29, 1.82) is 0 Å². The van der Waals surface area contributed by atoms with Crippen molar-refractivity contribution in [3.05, 3.63) is 78.1 Å². The number of carbonyl (C=O) groups is 1. The van der Waals surface area contributed by atoms with E-state index in [0.29, 0.717) is 18.0 Å². The number of aliphatic hydroxyl groups is 1. The lowest BCUT2D eigenvalue weighted by molar-refractivity contribution is 0.168. The van der Waals surface area contributed by atoms with E-state index in [0.717, 1.165) is 28.8 Å². The summed E-state index contributed by atoms with van der Waals surface area (Å²) < 4.78 is 18.9. The van der Waals surface area contributed by atoms with Crippen molar-refractivity contribution in [3.63, 3.8) is 0 Å². The van der Waals surface area contributed by atoms with Crippen LogP contribution >= 0.6 is 0 Å². The smallest absolute Gasteiger partial charge is 0.322 e. The van der Waals surface area contributed by atoms with Gasteiger partial charge < -0.3 is 25.0 Å². The van der Waals surface area contributed by atoms with Gasteiger partial charge >= 0.3 is 6.03 Å². The van der Waals surface area contributed by atoms with E-state index in [1.807, 2.05) is 48.3 Å². The number of nitrogens with one attached hydrogen (secondary N) is 1. The summed E-state index contributed by atoms with van der Waals surface area (Å²) in [6.07, 6.45) is 0.791. The Hall–Kier alpha value is -3.58. The van der Waals surface area contributed by atoms with E-state index in [4.69, 9.17) is 4.74 Å². The summed E-state index contributed by atoms with van der Waals surface area (Å²) in [6, 6.07) is 19.4. The SMILES string of the molecule is COc1ccccc1NC(=O)N1CC[C@@H]2[C@H]1c1cc(-c3ccc(F)cc3)ccc1N(C)[C@H]2CO. The number of likely N-dealkylation sites (N-methyl/N-ethyl adjacent to an activating group) is 1. The maximum Gasteiger partial charge on any atom is 0.322 e. The van der Waals surface area contributed by atoms with Crippen LogP contribution in [0.15, 0.2) is 66.7 Å². The van der Waals surface area contributed by atoms with Crippen LogP contribution in [0.3, 0.4) is 0 Å². The van der Waals surface area contributed by atoms with Crippen LogP contribution < -0.4 is 15.0 Å². The fourth-order valence-electron chi connectivity index (χ4n) is 5.44. The Balaban J connectivity index is 1.53. The lowest BCUT2D eigenvalue weighted by Gasteiger charge is -2.44. The van der Waals surface area contributed by atoms with Crippen molar-refractivity contribution in [3.8, 4) is 16.9 Å². The zero-order valence-corrected chi connectivity index (χ0v) is 19.2. The van der Waals surface area contributed by atoms with Crippen LogP contribution in [0.1, 0.15) is 18.0 Å². The van der Waals surface area contributed by atoms with E-state index in [9.17, 15) is 14.3 Å². The Morgan fingerprint density at radius 2 is 1.85 bits per heavy atom. The van der Waals surface area contributed by atoms with Crippen molar-refractivity contribution in [2.45, 2.75) is 18.5 Å². The zero-order chi connectivity index (χ0) is 23.8. The van der Waals surface area contributed by atoms with E-state index in [-0.39, 0.29) is 36.5 Å². The van der Waals surface area contributed by atoms with Crippen LogP contribution in [0.4, 0.5) is 20.6 Å². The molecule has 2 aliphatic rings. The van der Waals surface area contributed by atoms with Crippen molar-refractivity contribution in [2.24, 2.45) is 5.92 Å². The van der Waals surface area contributed by atoms with E-state index in [1.54, 1.807) is 19.2 Å². The molecule has 0 aromatic heterocycles. The highest BCUT2D eigenvalue weighted by molar-refractivity contribution is 5.92. The minimum Gasteiger partial charge on any atom is -0.495 e. The maximum absolute atomic E-state index is 13.5. The van der Waals surface area contributed by atoms with Gasteiger partial charge in [-0.3, -0.25) is 0 Å². The van der Waals surface area contributed by atoms with Crippen LogP contribution in [-0.2, 0) is 0 Å². The molecule has 34 heavy (non-hydrogen) atoms. The number of para-hydroxylation sites is 2. The summed E-state index contributed by atoms with van der Waals surface area (Å²) in [7, 11) is 3.57. The second kappa shape index (κ2) is 8.99. The summed E-state index contributed by atoms with van der Waals surface area (Å²) in [4.78, 5) is 17.4. The number of urea groups is 1. The molecule has 5 rings (SSSR count). The molecule has 0 spiro atoms. The predicted octanol–water partition coefficient (Wildman–Crippen LogP) is 4.91. The van der Waals surface area contributed by atoms with Crippen molar-refractivity contribution < 1.29 is 19.0 Å². The number of benzene rings is 3. The number of rotatable bonds is 4. The molecule has 3 atom stereocenters. The minimum atomic E-state index is -0.276. The Labute approximate surface area is 198 Å². The number of hydrogen-bond acceptors (Lipinski definition) is 4. The molecule has 2 aliphatic heterocycles. The van der Waals surface area contributed by atoms with Crippen LogP contribution in [-0.4, -0.2) is 49.4 Å². The van der Waals surface area contributed by atoms with Gasteiger partial charge in [-0.25, -0.2) is 9.18 Å². The highest BCUT2D eigenvalue weighted by Crippen LogP contribution is 2.49. The molecule has 2 N–H and O–H groups in total. The van der Waals surface area contributed by atoms with Crippen LogP contribution in [0.25, 0.3) is 11.1 Å². The standard InChI is InChI=1S/C27H28FN3O3/c1-30-23-12-9-18(17-7-10-19(28)11-8-17)15-21(23)26-20(24(30)16-32)13-14-31(26)27(33)29-22-5-3-4-6-25(22)34-2/h3-12,15,20,24,26,32H,13-14,16H2,1-2H3,(H,29,33)/t20-,24-,26-/m0/s1. The number of methoxy groups -OCH3 is 1. The topological polar surface area (TPSA) is 65.0 Å². The predicted molar refractivity (Wildman–Crippen MR) is 131 cm³/mol. The second-order valence-electron chi connectivity index (χ2n) is 8.86. The van der Waals surface area contributed by atoms with Gasteiger partial charge in [0.15, 0.2) is 0 Å². The quantitative estimate of drug-likeness (QED) is 0.580. The molecule has 0 bridgehead atoms. The molecular formula is C27H28FN3O3. The summed E-state index contributed by atoms with van der Waals surface area (Å²) in [5.74, 6) is 0.416. The third-order valence-corrected chi connectivity index (χ3v) is 7.14. The number of fused-ring (bicyclic) bond motifs is 3. The Morgan fingerprint density at radius 1 is 1.12 bits per heavy atom. The fourth-order valence-corrected chi connectivity index (χ4v) is 5.44. The van der Waals surface area contributed by atoms with Crippen molar-refractivity contribution in [2.75, 3.05) is 37.5 Å². The number of halogens is 1. The monoisotopic (exact) mass is 461 g/mol. The molecule has 0 aliphatic carbocycles. The molecule has 3 aromatic carbocycles. The van der Waals surface area contributed by atoms with Crippen LogP contribution in [0.5, 0.6) is 5.75 Å². The van der Waals surface area contributed by atoms with Gasteiger partial charge in [-0.2, -0.15) is 0 Å². The molecule has 1 fully saturated rings. The number of aliphatic hydroxyl groups excluding tert-OH is 1. The lowest BCUT2D eigenvalue weighted by Crippen LogP contribution is -2.48. The summed E-state index contributed by atoms with van der Waals surface area (Å²) >= 11 is 0. The summed E-state index contributed by atoms with van der Waals surface area (Å²) in [6.45, 7) is 0.597. The zero-order valence-electron chi connectivity index (χ0n) is 19.2. The fraction of sp³-hybridized carbons (Fsp3) is 0.296. The number of anilines is 2. The largest absolute Gasteiger partial charge is 0.495 e. The van der Waals surface area contributed by atoms with E-state index in [2.05, 4.69) is 16.3 Å². The number of amides is 2. The molecule has 0 radical (unpaired) electrons. The van der Waals surface area contributed by atoms with Gasteiger partial charge in [-0.05, 0) is 59.5 Å². The first kappa shape index (κ1) is 22.2. The summed E-state index contributed by atoms with van der Waals surface area (Å²) in [5.41, 5.74) is 4.52. The molecule has 0 unspecified atom stereocenters. The van der Waals surface area contributed by atoms with Gasteiger partial charge in [0.05, 0.1) is 31.5 Å². The number of hydrogen-bond donors (Lipinski definition) is 2. The molecule has 2 heterocycles. The average molecular weight is 462 g/mol. The Morgan fingerprint density at radius 3 is 2.59 bits per heavy atom. The third kappa shape index (κ3) is 3.76. The molecule has 6 nitrogen and oxygen atoms in total. The number of likely N-dealkylation sites (tertiary alicyclic amines) is 1. The molecule has 0 saturated carbocycles. The first-order valence-corrected chi connectivity index (χ1v) is 11.5. The molecule has 176 valence electrons. The highest BCUT2D eigenvalue weighted by Gasteiger charge is 2.47. The number of nitrogens with zero attached hydrogens (tertiary/aromatic N) is 2. The van der Waals surface area contributed by atoms with E-state index in [1.165, 1.54) is 12.1 Å². The van der Waals surface area contributed by atoms with Crippen LogP contribution in [0.2, 0.25) is 0 Å². The van der Waals surface area contributed by atoms with Gasteiger partial charge in [0.25, 0.3) is 0 Å². The summed E-state index contributed by atoms with van der Waals surface area (Å²) in [5, 5.41) is 13.2.